The Morgan fingerprint density at radius 1 is 1.02 bits per heavy atom. The number of nitrogens with one attached hydrogen (secondary N) is 1. The highest BCUT2D eigenvalue weighted by molar-refractivity contribution is 7.85. The maximum absolute atomic E-state index is 12.9. The van der Waals surface area contributed by atoms with Gasteiger partial charge < -0.3 is 0 Å². The van der Waals surface area contributed by atoms with Crippen molar-refractivity contribution in [2.24, 2.45) is 21.8 Å². The summed E-state index contributed by atoms with van der Waals surface area (Å²) in [7, 11) is -4.08. The van der Waals surface area contributed by atoms with Gasteiger partial charge in [-0.05, 0) is 72.9 Å². The Morgan fingerprint density at radius 3 is 2.25 bits per heavy atom. The fraction of sp³-hybridized carbons (Fsp3) is 0.516. The molecule has 0 aromatic heterocycles. The molecule has 238 valence electrons. The van der Waals surface area contributed by atoms with Gasteiger partial charge in [-0.1, -0.05) is 67.2 Å². The molecule has 3 fully saturated rings. The molecular formula is C31H37Cl3N4O5S. The number of Topliss-reactive ketones (excluding diaryl/α,β-unsaturated/α-hetero) is 1. The van der Waals surface area contributed by atoms with Crippen LogP contribution in [-0.4, -0.2) is 54.2 Å². The largest absolute Gasteiger partial charge is 0.299 e. The lowest BCUT2D eigenvalue weighted by Crippen LogP contribution is -2.47. The molecule has 6 rings (SSSR count). The van der Waals surface area contributed by atoms with Gasteiger partial charge in [0.1, 0.15) is 11.5 Å². The number of fused-ring (bicyclic) bond motifs is 2. The lowest BCUT2D eigenvalue weighted by atomic mass is 9.70. The van der Waals surface area contributed by atoms with Crippen molar-refractivity contribution in [3.05, 3.63) is 63.1 Å². The molecule has 2 bridgehead atoms. The van der Waals surface area contributed by atoms with E-state index in [1.807, 2.05) is 49.2 Å². The zero-order chi connectivity index (χ0) is 31.9. The molecule has 2 aromatic rings. The highest BCUT2D eigenvalue weighted by Crippen LogP contribution is 2.64. The Morgan fingerprint density at radius 2 is 1.68 bits per heavy atom. The normalized spacial score (nSPS) is 26.3. The standard InChI is InChI=1S/C21H21Cl3N4O.C10H16O4S/c22-15-6-4-14(5-7-15)20-13-18(21(29)26-27-10-2-1-3-11-27)25-28(20)19-9-8-16(23)12-17(19)24;1-9(2)7-3-4-10(9,8(11)5-7)6-15(12,13)14/h4-9,12,20H,1-3,10-11,13H2,(H,26,29);7H,3-6H2,1-2H3,(H,12,13,14)/t20-;/m0./s1. The van der Waals surface area contributed by atoms with E-state index in [1.54, 1.807) is 17.1 Å². The maximum atomic E-state index is 12.9. The van der Waals surface area contributed by atoms with Gasteiger partial charge in [-0.3, -0.25) is 24.6 Å². The average Bonchev–Trinajstić information content (AvgIpc) is 3.54. The average molecular weight is 684 g/mol. The van der Waals surface area contributed by atoms with Crippen molar-refractivity contribution < 1.29 is 22.6 Å². The molecule has 2 saturated carbocycles. The number of carbonyl (C=O) groups excluding carboxylic acids is 2. The molecule has 1 saturated heterocycles. The minimum atomic E-state index is -4.08. The topological polar surface area (TPSA) is 119 Å². The Kier molecular flexibility index (Phi) is 9.71. The van der Waals surface area contributed by atoms with Gasteiger partial charge in [0, 0.05) is 36.0 Å². The monoisotopic (exact) mass is 682 g/mol. The number of halogens is 3. The van der Waals surface area contributed by atoms with Crippen LogP contribution in [0, 0.1) is 16.7 Å². The second-order valence-corrected chi connectivity index (χ2v) is 15.4. The molecule has 2 aliphatic heterocycles. The number of piperidine rings is 1. The number of hydrazone groups is 1. The molecule has 9 nitrogen and oxygen atoms in total. The van der Waals surface area contributed by atoms with Gasteiger partial charge in [0.05, 0.1) is 27.9 Å². The number of ketones is 1. The van der Waals surface area contributed by atoms with E-state index in [4.69, 9.17) is 39.4 Å². The molecule has 3 atom stereocenters. The van der Waals surface area contributed by atoms with E-state index < -0.39 is 21.3 Å². The number of amides is 1. The fourth-order valence-electron chi connectivity index (χ4n) is 7.11. The molecule has 2 N–H and O–H groups in total. The number of benzene rings is 2. The van der Waals surface area contributed by atoms with Crippen LogP contribution in [0.1, 0.15) is 70.4 Å². The van der Waals surface area contributed by atoms with Crippen LogP contribution in [0.4, 0.5) is 5.69 Å². The molecule has 1 amide bonds. The first kappa shape index (κ1) is 33.2. The number of hydrogen-bond acceptors (Lipinski definition) is 7. The second kappa shape index (κ2) is 12.9. The minimum Gasteiger partial charge on any atom is -0.299 e. The molecule has 0 radical (unpaired) electrons. The van der Waals surface area contributed by atoms with Gasteiger partial charge in [-0.15, -0.1) is 0 Å². The van der Waals surface area contributed by atoms with E-state index in [0.29, 0.717) is 45.7 Å². The number of carbonyl (C=O) groups is 2. The van der Waals surface area contributed by atoms with E-state index in [0.717, 1.165) is 37.9 Å². The number of hydrogen-bond donors (Lipinski definition) is 2. The molecule has 2 heterocycles. The Hall–Kier alpha value is -2.21. The smallest absolute Gasteiger partial charge is 0.281 e. The zero-order valence-electron chi connectivity index (χ0n) is 24.7. The van der Waals surface area contributed by atoms with Crippen LogP contribution in [0.5, 0.6) is 0 Å². The first-order valence-electron chi connectivity index (χ1n) is 14.8. The summed E-state index contributed by atoms with van der Waals surface area (Å²) >= 11 is 18.6. The molecule has 44 heavy (non-hydrogen) atoms. The van der Waals surface area contributed by atoms with Crippen molar-refractivity contribution in [1.82, 2.24) is 10.4 Å². The SMILES string of the molecule is CC1(C)C2CCC1(CS(=O)(=O)O)C(=O)C2.O=C(NN1CCCCC1)C1=NN(c2ccc(Cl)cc2Cl)[C@H](c2ccc(Cl)cc2)C1. The summed E-state index contributed by atoms with van der Waals surface area (Å²) in [6.45, 7) is 5.63. The van der Waals surface area contributed by atoms with Gasteiger partial charge in [-0.25, -0.2) is 5.01 Å². The van der Waals surface area contributed by atoms with E-state index in [1.165, 1.54) is 6.42 Å². The molecule has 2 aliphatic carbocycles. The van der Waals surface area contributed by atoms with Crippen LogP contribution >= 0.6 is 34.8 Å². The number of rotatable bonds is 6. The lowest BCUT2D eigenvalue weighted by Gasteiger charge is -2.35. The van der Waals surface area contributed by atoms with Gasteiger partial charge in [0.2, 0.25) is 0 Å². The quantitative estimate of drug-likeness (QED) is 0.324. The summed E-state index contributed by atoms with van der Waals surface area (Å²) < 4.78 is 31.0. The number of nitrogens with zero attached hydrogens (tertiary/aromatic N) is 3. The molecule has 4 aliphatic rings. The summed E-state index contributed by atoms with van der Waals surface area (Å²) in [5, 5.41) is 10.1. The first-order chi connectivity index (χ1) is 20.7. The third-order valence-electron chi connectivity index (χ3n) is 9.77. The van der Waals surface area contributed by atoms with Crippen LogP contribution in [-0.2, 0) is 19.7 Å². The Labute approximate surface area is 273 Å². The predicted octanol–water partition coefficient (Wildman–Crippen LogP) is 6.74. The van der Waals surface area contributed by atoms with Crippen LogP contribution in [0.3, 0.4) is 0 Å². The highest BCUT2D eigenvalue weighted by atomic mass is 35.5. The maximum Gasteiger partial charge on any atom is 0.281 e. The summed E-state index contributed by atoms with van der Waals surface area (Å²) in [5.41, 5.74) is 4.06. The van der Waals surface area contributed by atoms with Crippen LogP contribution in [0.15, 0.2) is 47.6 Å². The van der Waals surface area contributed by atoms with Crippen molar-refractivity contribution in [2.75, 3.05) is 23.9 Å². The highest BCUT2D eigenvalue weighted by Gasteiger charge is 2.65. The van der Waals surface area contributed by atoms with Crippen molar-refractivity contribution in [3.63, 3.8) is 0 Å². The van der Waals surface area contributed by atoms with Crippen LogP contribution < -0.4 is 10.4 Å². The molecule has 13 heteroatoms. The summed E-state index contributed by atoms with van der Waals surface area (Å²) in [6, 6.07) is 12.7. The van der Waals surface area contributed by atoms with E-state index in [-0.39, 0.29) is 29.1 Å². The van der Waals surface area contributed by atoms with Gasteiger partial charge in [0.15, 0.2) is 0 Å². The van der Waals surface area contributed by atoms with Crippen molar-refractivity contribution >= 4 is 68.0 Å². The summed E-state index contributed by atoms with van der Waals surface area (Å²) in [4.78, 5) is 24.8. The van der Waals surface area contributed by atoms with E-state index in [9.17, 15) is 18.0 Å². The van der Waals surface area contributed by atoms with Crippen LogP contribution in [0.2, 0.25) is 15.1 Å². The lowest BCUT2D eigenvalue weighted by molar-refractivity contribution is -0.128. The van der Waals surface area contributed by atoms with E-state index in [2.05, 4.69) is 10.5 Å². The number of anilines is 1. The molecular weight excluding hydrogens is 647 g/mol. The fourth-order valence-corrected chi connectivity index (χ4v) is 9.04. The third-order valence-corrected chi connectivity index (χ3v) is 11.4. The predicted molar refractivity (Wildman–Crippen MR) is 174 cm³/mol. The van der Waals surface area contributed by atoms with Gasteiger partial charge >= 0.3 is 0 Å². The van der Waals surface area contributed by atoms with Gasteiger partial charge in [-0.2, -0.15) is 13.5 Å². The second-order valence-electron chi connectivity index (χ2n) is 12.6. The zero-order valence-corrected chi connectivity index (χ0v) is 27.8. The minimum absolute atomic E-state index is 0.0152. The molecule has 2 aromatic carbocycles. The Balaban J connectivity index is 0.000000215. The van der Waals surface area contributed by atoms with Gasteiger partial charge in [0.25, 0.3) is 16.0 Å². The van der Waals surface area contributed by atoms with Crippen LogP contribution in [0.25, 0.3) is 0 Å². The molecule has 0 spiro atoms. The van der Waals surface area contributed by atoms with E-state index >= 15 is 0 Å². The van der Waals surface area contributed by atoms with Crippen molar-refractivity contribution in [2.45, 2.75) is 64.8 Å². The Bertz CT molecular complexity index is 1560. The molecule has 2 unspecified atom stereocenters. The van der Waals surface area contributed by atoms with Crippen molar-refractivity contribution in [3.8, 4) is 0 Å². The van der Waals surface area contributed by atoms with Crippen molar-refractivity contribution in [1.29, 1.82) is 0 Å². The first-order valence-corrected chi connectivity index (χ1v) is 17.6. The third kappa shape index (κ3) is 6.81. The summed E-state index contributed by atoms with van der Waals surface area (Å²) in [6.07, 6.45) is 5.83. The number of hydrazine groups is 1. The summed E-state index contributed by atoms with van der Waals surface area (Å²) in [5.74, 6) is -0.269.